The number of amides is 1. The summed E-state index contributed by atoms with van der Waals surface area (Å²) in [6.07, 6.45) is 0. The first kappa shape index (κ1) is 21.8. The molecule has 8 heteroatoms. The summed E-state index contributed by atoms with van der Waals surface area (Å²) in [6.45, 7) is 7.93. The van der Waals surface area contributed by atoms with Gasteiger partial charge in [0.15, 0.2) is 0 Å². The summed E-state index contributed by atoms with van der Waals surface area (Å²) in [5, 5.41) is 7.58. The molecule has 2 aromatic heterocycles. The summed E-state index contributed by atoms with van der Waals surface area (Å²) in [5.41, 5.74) is 5.49. The second-order valence-electron chi connectivity index (χ2n) is 7.62. The molecule has 1 amide bonds. The van der Waals surface area contributed by atoms with Crippen molar-refractivity contribution >= 4 is 29.1 Å². The number of rotatable bonds is 6. The number of carbonyl (C=O) groups excluding carboxylic acids is 1. The summed E-state index contributed by atoms with van der Waals surface area (Å²) >= 11 is 1.30. The summed E-state index contributed by atoms with van der Waals surface area (Å²) in [6, 6.07) is 15.3. The van der Waals surface area contributed by atoms with Gasteiger partial charge >= 0.3 is 0 Å². The van der Waals surface area contributed by atoms with Crippen LogP contribution in [0.25, 0.3) is 5.78 Å². The lowest BCUT2D eigenvalue weighted by molar-refractivity contribution is -0.115. The molecular formula is C24H25N5O2S. The van der Waals surface area contributed by atoms with Crippen LogP contribution in [0, 0.1) is 27.7 Å². The second-order valence-corrected chi connectivity index (χ2v) is 8.69. The molecule has 2 heterocycles. The number of anilines is 1. The van der Waals surface area contributed by atoms with Crippen LogP contribution < -0.4 is 10.1 Å². The third-order valence-electron chi connectivity index (χ3n) is 5.42. The van der Waals surface area contributed by atoms with Crippen molar-refractivity contribution in [1.82, 2.24) is 19.6 Å². The highest BCUT2D eigenvalue weighted by Crippen LogP contribution is 2.36. The standard InChI is InChI=1S/C24H25N5O2S/c1-14-11-12-20(31-5)19(13-14)26-22(30)21(18-9-7-6-8-10-18)32-24-27-23-25-16(3)15(2)17(4)29(23)28-24/h6-13,21H,1-5H3,(H,26,30). The van der Waals surface area contributed by atoms with Crippen molar-refractivity contribution in [2.24, 2.45) is 0 Å². The van der Waals surface area contributed by atoms with Gasteiger partial charge in [-0.15, -0.1) is 5.10 Å². The number of nitrogens with one attached hydrogen (secondary N) is 1. The molecule has 32 heavy (non-hydrogen) atoms. The Kier molecular flexibility index (Phi) is 6.14. The number of carbonyl (C=O) groups is 1. The van der Waals surface area contributed by atoms with Crippen LogP contribution in [0.4, 0.5) is 5.69 Å². The summed E-state index contributed by atoms with van der Waals surface area (Å²) in [7, 11) is 1.59. The number of aromatic nitrogens is 4. The second kappa shape index (κ2) is 9.00. The van der Waals surface area contributed by atoms with Gasteiger partial charge in [0.2, 0.25) is 11.1 Å². The van der Waals surface area contributed by atoms with E-state index >= 15 is 0 Å². The molecule has 0 spiro atoms. The van der Waals surface area contributed by atoms with E-state index in [9.17, 15) is 4.79 Å². The number of benzene rings is 2. The lowest BCUT2D eigenvalue weighted by Gasteiger charge is -2.17. The zero-order valence-electron chi connectivity index (χ0n) is 18.7. The fourth-order valence-corrected chi connectivity index (χ4v) is 4.34. The maximum atomic E-state index is 13.4. The van der Waals surface area contributed by atoms with E-state index in [-0.39, 0.29) is 5.91 Å². The Hall–Kier alpha value is -3.39. The lowest BCUT2D eigenvalue weighted by Crippen LogP contribution is -2.19. The van der Waals surface area contributed by atoms with Crippen LogP contribution in [0.3, 0.4) is 0 Å². The van der Waals surface area contributed by atoms with E-state index in [1.807, 2.05) is 76.2 Å². The van der Waals surface area contributed by atoms with Crippen molar-refractivity contribution in [2.75, 3.05) is 12.4 Å². The summed E-state index contributed by atoms with van der Waals surface area (Å²) in [5.74, 6) is 0.957. The van der Waals surface area contributed by atoms with Crippen molar-refractivity contribution in [3.05, 3.63) is 76.6 Å². The molecule has 0 saturated carbocycles. The zero-order valence-corrected chi connectivity index (χ0v) is 19.5. The average molecular weight is 448 g/mol. The van der Waals surface area contributed by atoms with Gasteiger partial charge < -0.3 is 10.1 Å². The van der Waals surface area contributed by atoms with Crippen LogP contribution in [0.2, 0.25) is 0 Å². The molecule has 0 radical (unpaired) electrons. The highest BCUT2D eigenvalue weighted by atomic mass is 32.2. The molecule has 1 atom stereocenters. The molecule has 164 valence electrons. The van der Waals surface area contributed by atoms with Gasteiger partial charge in [0.05, 0.1) is 12.8 Å². The predicted octanol–water partition coefficient (Wildman–Crippen LogP) is 4.84. The van der Waals surface area contributed by atoms with Gasteiger partial charge in [-0.3, -0.25) is 4.79 Å². The minimum Gasteiger partial charge on any atom is -0.495 e. The van der Waals surface area contributed by atoms with E-state index in [2.05, 4.69) is 20.4 Å². The van der Waals surface area contributed by atoms with Crippen LogP contribution in [0.15, 0.2) is 53.7 Å². The first-order valence-electron chi connectivity index (χ1n) is 10.2. The first-order valence-corrected chi connectivity index (χ1v) is 11.1. The fourth-order valence-electron chi connectivity index (χ4n) is 3.41. The third kappa shape index (κ3) is 4.31. The molecule has 2 aromatic carbocycles. The Morgan fingerprint density at radius 1 is 1.06 bits per heavy atom. The quantitative estimate of drug-likeness (QED) is 0.426. The van der Waals surface area contributed by atoms with E-state index < -0.39 is 5.25 Å². The molecule has 0 aliphatic carbocycles. The predicted molar refractivity (Wildman–Crippen MR) is 126 cm³/mol. The molecule has 4 aromatic rings. The van der Waals surface area contributed by atoms with Gasteiger partial charge in [-0.05, 0) is 56.5 Å². The highest BCUT2D eigenvalue weighted by molar-refractivity contribution is 8.00. The van der Waals surface area contributed by atoms with Gasteiger partial charge in [-0.2, -0.15) is 4.98 Å². The van der Waals surface area contributed by atoms with Crippen molar-refractivity contribution in [1.29, 1.82) is 0 Å². The minimum atomic E-state index is -0.554. The van der Waals surface area contributed by atoms with Crippen molar-refractivity contribution < 1.29 is 9.53 Å². The Morgan fingerprint density at radius 3 is 2.53 bits per heavy atom. The molecule has 4 rings (SSSR count). The smallest absolute Gasteiger partial charge is 0.253 e. The van der Waals surface area contributed by atoms with Crippen LogP contribution in [0.5, 0.6) is 5.75 Å². The third-order valence-corrected chi connectivity index (χ3v) is 6.52. The summed E-state index contributed by atoms with van der Waals surface area (Å²) < 4.78 is 7.15. The van der Waals surface area contributed by atoms with Gasteiger partial charge in [0.25, 0.3) is 5.78 Å². The minimum absolute atomic E-state index is 0.180. The number of fused-ring (bicyclic) bond motifs is 1. The van der Waals surface area contributed by atoms with Gasteiger partial charge in [0, 0.05) is 11.4 Å². The number of hydrogen-bond acceptors (Lipinski definition) is 6. The van der Waals surface area contributed by atoms with Crippen LogP contribution in [-0.2, 0) is 4.79 Å². The lowest BCUT2D eigenvalue weighted by atomic mass is 10.1. The van der Waals surface area contributed by atoms with Gasteiger partial charge in [0.1, 0.15) is 11.0 Å². The number of hydrogen-bond donors (Lipinski definition) is 1. The molecule has 0 bridgehead atoms. The van der Waals surface area contributed by atoms with E-state index in [4.69, 9.17) is 4.74 Å². The molecule has 1 N–H and O–H groups in total. The van der Waals surface area contributed by atoms with Crippen molar-refractivity contribution in [3.63, 3.8) is 0 Å². The Morgan fingerprint density at radius 2 is 1.81 bits per heavy atom. The van der Waals surface area contributed by atoms with E-state index in [1.165, 1.54) is 11.8 Å². The van der Waals surface area contributed by atoms with Crippen LogP contribution in [0.1, 0.15) is 33.3 Å². The molecule has 0 aliphatic heterocycles. The zero-order chi connectivity index (χ0) is 22.8. The molecule has 0 aliphatic rings. The maximum Gasteiger partial charge on any atom is 0.253 e. The summed E-state index contributed by atoms with van der Waals surface area (Å²) in [4.78, 5) is 22.5. The van der Waals surface area contributed by atoms with Gasteiger partial charge in [-0.1, -0.05) is 48.2 Å². The molecule has 0 saturated heterocycles. The molecule has 0 fully saturated rings. The Labute approximate surface area is 191 Å². The Bertz CT molecular complexity index is 1290. The number of nitrogens with zero attached hydrogens (tertiary/aromatic N) is 4. The fraction of sp³-hybridized carbons (Fsp3) is 0.250. The van der Waals surface area contributed by atoms with E-state index in [1.54, 1.807) is 11.6 Å². The number of ether oxygens (including phenoxy) is 1. The average Bonchev–Trinajstić information content (AvgIpc) is 3.19. The Balaban J connectivity index is 1.69. The number of aryl methyl sites for hydroxylation is 3. The van der Waals surface area contributed by atoms with Crippen LogP contribution >= 0.6 is 11.8 Å². The number of thioether (sulfide) groups is 1. The van der Waals surface area contributed by atoms with Crippen molar-refractivity contribution in [2.45, 2.75) is 38.1 Å². The molecule has 7 nitrogen and oxygen atoms in total. The molecule has 1 unspecified atom stereocenters. The van der Waals surface area contributed by atoms with Crippen molar-refractivity contribution in [3.8, 4) is 5.75 Å². The molecular weight excluding hydrogens is 422 g/mol. The normalized spacial score (nSPS) is 12.0. The topological polar surface area (TPSA) is 81.4 Å². The number of methoxy groups -OCH3 is 1. The first-order chi connectivity index (χ1) is 15.4. The maximum absolute atomic E-state index is 13.4. The van der Waals surface area contributed by atoms with Gasteiger partial charge in [-0.25, -0.2) is 9.50 Å². The monoisotopic (exact) mass is 447 g/mol. The highest BCUT2D eigenvalue weighted by Gasteiger charge is 2.25. The SMILES string of the molecule is COc1ccc(C)cc1NC(=O)C(Sc1nc2nc(C)c(C)c(C)n2n1)c1ccccc1. The van der Waals surface area contributed by atoms with E-state index in [0.29, 0.717) is 22.4 Å². The van der Waals surface area contributed by atoms with Crippen LogP contribution in [-0.4, -0.2) is 32.6 Å². The van der Waals surface area contributed by atoms with E-state index in [0.717, 1.165) is 28.1 Å². The largest absolute Gasteiger partial charge is 0.495 e.